The maximum atomic E-state index is 11.3. The lowest BCUT2D eigenvalue weighted by atomic mass is 10.2. The lowest BCUT2D eigenvalue weighted by molar-refractivity contribution is -0.139. The van der Waals surface area contributed by atoms with E-state index in [1.165, 1.54) is 20.3 Å². The Labute approximate surface area is 135 Å². The summed E-state index contributed by atoms with van der Waals surface area (Å²) in [6.45, 7) is 5.33. The van der Waals surface area contributed by atoms with Crippen LogP contribution in [0.15, 0.2) is 36.4 Å². The highest BCUT2D eigenvalue weighted by Gasteiger charge is 2.07. The second-order valence-electron chi connectivity index (χ2n) is 4.53. The minimum absolute atomic E-state index is 0.0943. The normalized spacial score (nSPS) is 10.2. The topological polar surface area (TPSA) is 71.1 Å². The second-order valence-corrected chi connectivity index (χ2v) is 4.53. The molecule has 0 aliphatic rings. The Morgan fingerprint density at radius 2 is 1.91 bits per heavy atom. The number of methoxy groups -OCH3 is 2. The van der Waals surface area contributed by atoms with Crippen molar-refractivity contribution in [3.8, 4) is 11.5 Å². The van der Waals surface area contributed by atoms with Crippen LogP contribution in [-0.2, 0) is 19.1 Å². The van der Waals surface area contributed by atoms with E-state index < -0.39 is 11.9 Å². The van der Waals surface area contributed by atoms with Gasteiger partial charge < -0.3 is 18.9 Å². The van der Waals surface area contributed by atoms with Gasteiger partial charge in [-0.15, -0.1) is 0 Å². The fraction of sp³-hybridized carbons (Fsp3) is 0.294. The monoisotopic (exact) mass is 320 g/mol. The van der Waals surface area contributed by atoms with Gasteiger partial charge in [0, 0.05) is 11.6 Å². The van der Waals surface area contributed by atoms with E-state index in [1.54, 1.807) is 31.2 Å². The van der Waals surface area contributed by atoms with Gasteiger partial charge >= 0.3 is 11.9 Å². The van der Waals surface area contributed by atoms with Crippen LogP contribution in [0, 0.1) is 0 Å². The van der Waals surface area contributed by atoms with Crippen molar-refractivity contribution in [1.82, 2.24) is 0 Å². The fourth-order valence-corrected chi connectivity index (χ4v) is 1.55. The molecule has 0 saturated carbocycles. The zero-order chi connectivity index (χ0) is 17.2. The number of benzene rings is 1. The fourth-order valence-electron chi connectivity index (χ4n) is 1.55. The van der Waals surface area contributed by atoms with Gasteiger partial charge in [0.1, 0.15) is 13.2 Å². The van der Waals surface area contributed by atoms with Crippen LogP contribution in [-0.4, -0.2) is 39.4 Å². The van der Waals surface area contributed by atoms with E-state index in [2.05, 4.69) is 11.3 Å². The van der Waals surface area contributed by atoms with Gasteiger partial charge in [0.25, 0.3) is 0 Å². The number of esters is 2. The van der Waals surface area contributed by atoms with E-state index in [0.29, 0.717) is 17.1 Å². The molecule has 23 heavy (non-hydrogen) atoms. The number of carbonyl (C=O) groups is 2. The quantitative estimate of drug-likeness (QED) is 0.416. The summed E-state index contributed by atoms with van der Waals surface area (Å²) in [4.78, 5) is 22.4. The molecule has 0 N–H and O–H groups in total. The molecule has 0 aliphatic heterocycles. The van der Waals surface area contributed by atoms with Crippen LogP contribution >= 0.6 is 0 Å². The summed E-state index contributed by atoms with van der Waals surface area (Å²) in [5.41, 5.74) is 1.07. The summed E-state index contributed by atoms with van der Waals surface area (Å²) in [5.74, 6) is 0.0997. The highest BCUT2D eigenvalue weighted by molar-refractivity contribution is 5.87. The summed E-state index contributed by atoms with van der Waals surface area (Å²) in [6, 6.07) is 5.19. The zero-order valence-corrected chi connectivity index (χ0v) is 13.5. The van der Waals surface area contributed by atoms with Crippen molar-refractivity contribution in [3.05, 3.63) is 42.0 Å². The Morgan fingerprint density at radius 3 is 2.52 bits per heavy atom. The van der Waals surface area contributed by atoms with E-state index in [-0.39, 0.29) is 13.2 Å². The van der Waals surface area contributed by atoms with E-state index in [4.69, 9.17) is 14.2 Å². The predicted molar refractivity (Wildman–Crippen MR) is 85.3 cm³/mol. The maximum absolute atomic E-state index is 11.3. The lowest BCUT2D eigenvalue weighted by Crippen LogP contribution is -2.12. The van der Waals surface area contributed by atoms with E-state index >= 15 is 0 Å². The van der Waals surface area contributed by atoms with E-state index in [0.717, 1.165) is 5.56 Å². The Balaban J connectivity index is 2.68. The van der Waals surface area contributed by atoms with Gasteiger partial charge in [-0.1, -0.05) is 12.6 Å². The molecule has 0 aromatic heterocycles. The van der Waals surface area contributed by atoms with Gasteiger partial charge in [-0.05, 0) is 30.7 Å². The largest absolute Gasteiger partial charge is 0.493 e. The molecule has 0 atom stereocenters. The lowest BCUT2D eigenvalue weighted by Gasteiger charge is -2.11. The number of hydrogen-bond acceptors (Lipinski definition) is 6. The van der Waals surface area contributed by atoms with Gasteiger partial charge in [-0.2, -0.15) is 0 Å². The Kier molecular flexibility index (Phi) is 7.39. The molecule has 1 aromatic rings. The van der Waals surface area contributed by atoms with Crippen LogP contribution < -0.4 is 9.47 Å². The van der Waals surface area contributed by atoms with Crippen molar-refractivity contribution in [2.75, 3.05) is 27.4 Å². The van der Waals surface area contributed by atoms with Gasteiger partial charge in [-0.3, -0.25) is 0 Å². The molecule has 6 nitrogen and oxygen atoms in total. The van der Waals surface area contributed by atoms with Crippen molar-refractivity contribution < 1.29 is 28.5 Å². The van der Waals surface area contributed by atoms with Crippen LogP contribution in [0.25, 0.3) is 6.08 Å². The van der Waals surface area contributed by atoms with Crippen LogP contribution in [0.1, 0.15) is 12.5 Å². The Morgan fingerprint density at radius 1 is 1.17 bits per heavy atom. The first-order valence-corrected chi connectivity index (χ1v) is 6.87. The van der Waals surface area contributed by atoms with Gasteiger partial charge in [-0.25, -0.2) is 9.59 Å². The third-order valence-corrected chi connectivity index (χ3v) is 2.72. The molecule has 1 rings (SSSR count). The van der Waals surface area contributed by atoms with Gasteiger partial charge in [0.05, 0.1) is 14.2 Å². The summed E-state index contributed by atoms with van der Waals surface area (Å²) in [6.07, 6.45) is 2.90. The van der Waals surface area contributed by atoms with Crippen LogP contribution in [0.5, 0.6) is 11.5 Å². The number of ether oxygens (including phenoxy) is 4. The first-order valence-electron chi connectivity index (χ1n) is 6.87. The average molecular weight is 320 g/mol. The molecule has 0 heterocycles. The SMILES string of the molecule is C=C(C)C(=O)OCCOc1cc(/C=C/C(=O)OC)ccc1OC. The molecule has 1 aromatic carbocycles. The van der Waals surface area contributed by atoms with Crippen LogP contribution in [0.2, 0.25) is 0 Å². The molecular formula is C17H20O6. The average Bonchev–Trinajstić information content (AvgIpc) is 2.56. The molecule has 0 bridgehead atoms. The highest BCUT2D eigenvalue weighted by Crippen LogP contribution is 2.28. The minimum atomic E-state index is -0.463. The van der Waals surface area contributed by atoms with Gasteiger partial charge in [0.15, 0.2) is 11.5 Å². The summed E-state index contributed by atoms with van der Waals surface area (Å²) >= 11 is 0. The van der Waals surface area contributed by atoms with E-state index in [1.807, 2.05) is 0 Å². The molecule has 0 spiro atoms. The summed E-state index contributed by atoms with van der Waals surface area (Å²) < 4.78 is 20.2. The number of carbonyl (C=O) groups excluding carboxylic acids is 2. The first-order chi connectivity index (χ1) is 11.0. The van der Waals surface area contributed by atoms with Crippen molar-refractivity contribution in [3.63, 3.8) is 0 Å². The van der Waals surface area contributed by atoms with Crippen molar-refractivity contribution >= 4 is 18.0 Å². The first kappa shape index (κ1) is 18.3. The van der Waals surface area contributed by atoms with Crippen LogP contribution in [0.3, 0.4) is 0 Å². The van der Waals surface area contributed by atoms with Crippen molar-refractivity contribution in [2.24, 2.45) is 0 Å². The minimum Gasteiger partial charge on any atom is -0.493 e. The highest BCUT2D eigenvalue weighted by atomic mass is 16.6. The molecule has 124 valence electrons. The Hall–Kier alpha value is -2.76. The molecule has 6 heteroatoms. The molecule has 0 fully saturated rings. The molecule has 0 amide bonds. The molecule has 0 radical (unpaired) electrons. The van der Waals surface area contributed by atoms with E-state index in [9.17, 15) is 9.59 Å². The smallest absolute Gasteiger partial charge is 0.333 e. The van der Waals surface area contributed by atoms with Gasteiger partial charge in [0.2, 0.25) is 0 Å². The number of hydrogen-bond donors (Lipinski definition) is 0. The maximum Gasteiger partial charge on any atom is 0.333 e. The molecular weight excluding hydrogens is 300 g/mol. The van der Waals surface area contributed by atoms with Crippen molar-refractivity contribution in [1.29, 1.82) is 0 Å². The zero-order valence-electron chi connectivity index (χ0n) is 13.5. The number of rotatable bonds is 8. The summed E-state index contributed by atoms with van der Waals surface area (Å²) in [5, 5.41) is 0. The second kappa shape index (κ2) is 9.30. The Bertz CT molecular complexity index is 603. The predicted octanol–water partition coefficient (Wildman–Crippen LogP) is 2.38. The molecule has 0 unspecified atom stereocenters. The third-order valence-electron chi connectivity index (χ3n) is 2.72. The third kappa shape index (κ3) is 6.25. The summed E-state index contributed by atoms with van der Waals surface area (Å²) in [7, 11) is 2.83. The standard InChI is InChI=1S/C17H20O6/c1-12(2)17(19)23-10-9-22-15-11-13(5-7-14(15)20-3)6-8-16(18)21-4/h5-8,11H,1,9-10H2,2-4H3/b8-6+. The molecule has 0 aliphatic carbocycles. The molecule has 0 saturated heterocycles. The van der Waals surface area contributed by atoms with Crippen LogP contribution in [0.4, 0.5) is 0 Å². The van der Waals surface area contributed by atoms with Crippen molar-refractivity contribution in [2.45, 2.75) is 6.92 Å².